The predicted octanol–water partition coefficient (Wildman–Crippen LogP) is 1.17. The summed E-state index contributed by atoms with van der Waals surface area (Å²) in [4.78, 5) is 25.4. The van der Waals surface area contributed by atoms with Gasteiger partial charge in [-0.3, -0.25) is 9.59 Å². The number of primary amides is 1. The summed E-state index contributed by atoms with van der Waals surface area (Å²) in [5, 5.41) is 8.16. The van der Waals surface area contributed by atoms with Crippen molar-refractivity contribution in [3.63, 3.8) is 0 Å². The quantitative estimate of drug-likeness (QED) is 0.847. The molecule has 1 aliphatic rings. The molecule has 0 unspecified atom stereocenters. The Balaban J connectivity index is 1.57. The number of carbonyl (C=O) groups is 2. The fourth-order valence-electron chi connectivity index (χ4n) is 2.80. The van der Waals surface area contributed by atoms with Crippen molar-refractivity contribution in [1.82, 2.24) is 14.9 Å². The Labute approximate surface area is 144 Å². The third-order valence-corrected chi connectivity index (χ3v) is 4.68. The van der Waals surface area contributed by atoms with Gasteiger partial charge in [-0.15, -0.1) is 5.10 Å². The smallest absolute Gasteiger partial charge is 0.273 e. The Hall–Kier alpha value is -2.48. The van der Waals surface area contributed by atoms with Gasteiger partial charge in [-0.1, -0.05) is 16.6 Å². The first-order valence-electron chi connectivity index (χ1n) is 7.82. The SMILES string of the molecule is NC(=O)[C@@H]1CCCN(c2ccc(CNC(=O)c3csnn3)cc2)C1. The Morgan fingerprint density at radius 3 is 2.79 bits per heavy atom. The second kappa shape index (κ2) is 7.39. The van der Waals surface area contributed by atoms with Gasteiger partial charge in [-0.25, -0.2) is 0 Å². The van der Waals surface area contributed by atoms with Crippen LogP contribution < -0.4 is 16.0 Å². The van der Waals surface area contributed by atoms with E-state index >= 15 is 0 Å². The van der Waals surface area contributed by atoms with Crippen molar-refractivity contribution in [3.8, 4) is 0 Å². The summed E-state index contributed by atoms with van der Waals surface area (Å²) in [6.45, 7) is 2.03. The molecule has 2 heterocycles. The van der Waals surface area contributed by atoms with Crippen LogP contribution in [0.5, 0.6) is 0 Å². The highest BCUT2D eigenvalue weighted by atomic mass is 32.1. The zero-order chi connectivity index (χ0) is 16.9. The van der Waals surface area contributed by atoms with Gasteiger partial charge in [-0.05, 0) is 42.1 Å². The van der Waals surface area contributed by atoms with Crippen LogP contribution in [0.25, 0.3) is 0 Å². The Bertz CT molecular complexity index is 702. The van der Waals surface area contributed by atoms with Crippen LogP contribution in [0.15, 0.2) is 29.6 Å². The molecule has 126 valence electrons. The van der Waals surface area contributed by atoms with Crippen molar-refractivity contribution in [3.05, 3.63) is 40.9 Å². The first kappa shape index (κ1) is 16.4. The number of piperidine rings is 1. The first-order chi connectivity index (χ1) is 11.6. The van der Waals surface area contributed by atoms with Crippen LogP contribution in [0.1, 0.15) is 28.9 Å². The van der Waals surface area contributed by atoms with E-state index in [0.29, 0.717) is 18.8 Å². The number of benzene rings is 1. The summed E-state index contributed by atoms with van der Waals surface area (Å²) in [6.07, 6.45) is 1.83. The number of amides is 2. The molecule has 0 radical (unpaired) electrons. The Morgan fingerprint density at radius 1 is 1.33 bits per heavy atom. The lowest BCUT2D eigenvalue weighted by atomic mass is 9.97. The molecule has 1 aromatic carbocycles. The van der Waals surface area contributed by atoms with Crippen LogP contribution >= 0.6 is 11.5 Å². The van der Waals surface area contributed by atoms with Crippen LogP contribution in [0, 0.1) is 5.92 Å². The number of nitrogens with one attached hydrogen (secondary N) is 1. The number of nitrogens with zero attached hydrogens (tertiary/aromatic N) is 3. The van der Waals surface area contributed by atoms with Crippen LogP contribution in [0.2, 0.25) is 0 Å². The number of hydrogen-bond acceptors (Lipinski definition) is 6. The van der Waals surface area contributed by atoms with E-state index in [9.17, 15) is 9.59 Å². The van der Waals surface area contributed by atoms with Crippen LogP contribution in [-0.4, -0.2) is 34.5 Å². The number of hydrogen-bond donors (Lipinski definition) is 2. The number of aromatic nitrogens is 2. The molecule has 1 aliphatic heterocycles. The van der Waals surface area contributed by atoms with Crippen LogP contribution in [0.4, 0.5) is 5.69 Å². The molecule has 1 aromatic heterocycles. The minimum Gasteiger partial charge on any atom is -0.371 e. The molecular weight excluding hydrogens is 326 g/mol. The Kier molecular flexibility index (Phi) is 5.05. The van der Waals surface area contributed by atoms with Crippen molar-refractivity contribution >= 4 is 29.0 Å². The molecule has 8 heteroatoms. The van der Waals surface area contributed by atoms with Gasteiger partial charge in [0, 0.05) is 30.7 Å². The maximum atomic E-state index is 11.8. The summed E-state index contributed by atoms with van der Waals surface area (Å²) in [5.41, 5.74) is 7.83. The lowest BCUT2D eigenvalue weighted by molar-refractivity contribution is -0.122. The maximum absolute atomic E-state index is 11.8. The van der Waals surface area contributed by atoms with Gasteiger partial charge in [0.05, 0.1) is 5.92 Å². The van der Waals surface area contributed by atoms with E-state index in [4.69, 9.17) is 5.73 Å². The molecule has 2 aromatic rings. The molecule has 1 saturated heterocycles. The molecule has 0 aliphatic carbocycles. The van der Waals surface area contributed by atoms with Gasteiger partial charge >= 0.3 is 0 Å². The van der Waals surface area contributed by atoms with Crippen molar-refractivity contribution < 1.29 is 9.59 Å². The molecule has 1 atom stereocenters. The van der Waals surface area contributed by atoms with Crippen LogP contribution in [-0.2, 0) is 11.3 Å². The highest BCUT2D eigenvalue weighted by Gasteiger charge is 2.24. The molecule has 2 amide bonds. The lowest BCUT2D eigenvalue weighted by Crippen LogP contribution is -2.41. The van der Waals surface area contributed by atoms with Crippen molar-refractivity contribution in [2.24, 2.45) is 11.7 Å². The van der Waals surface area contributed by atoms with Gasteiger partial charge in [0.2, 0.25) is 5.91 Å². The molecule has 0 saturated carbocycles. The molecule has 0 spiro atoms. The van der Waals surface area contributed by atoms with Gasteiger partial charge in [0.15, 0.2) is 5.69 Å². The largest absolute Gasteiger partial charge is 0.371 e. The average molecular weight is 345 g/mol. The van der Waals surface area contributed by atoms with Crippen LogP contribution in [0.3, 0.4) is 0 Å². The highest BCUT2D eigenvalue weighted by Crippen LogP contribution is 2.23. The van der Waals surface area contributed by atoms with E-state index in [1.807, 2.05) is 24.3 Å². The molecule has 24 heavy (non-hydrogen) atoms. The van der Waals surface area contributed by atoms with E-state index in [-0.39, 0.29) is 17.7 Å². The fourth-order valence-corrected chi connectivity index (χ4v) is 3.24. The number of rotatable bonds is 5. The third-order valence-electron chi connectivity index (χ3n) is 4.17. The van der Waals surface area contributed by atoms with Gasteiger partial charge in [0.25, 0.3) is 5.91 Å². The van der Waals surface area contributed by atoms with Crippen molar-refractivity contribution in [2.45, 2.75) is 19.4 Å². The van der Waals surface area contributed by atoms with Gasteiger partial charge < -0.3 is 16.0 Å². The fraction of sp³-hybridized carbons (Fsp3) is 0.375. The number of nitrogens with two attached hydrogens (primary N) is 1. The normalized spacial score (nSPS) is 17.5. The van der Waals surface area contributed by atoms with Crippen molar-refractivity contribution in [2.75, 3.05) is 18.0 Å². The summed E-state index contributed by atoms with van der Waals surface area (Å²) in [5.74, 6) is -0.534. The second-order valence-corrected chi connectivity index (χ2v) is 6.44. The molecular formula is C16H19N5O2S. The lowest BCUT2D eigenvalue weighted by Gasteiger charge is -2.33. The van der Waals surface area contributed by atoms with Crippen molar-refractivity contribution in [1.29, 1.82) is 0 Å². The van der Waals surface area contributed by atoms with Gasteiger partial charge in [0.1, 0.15) is 0 Å². The minimum absolute atomic E-state index is 0.0792. The molecule has 7 nitrogen and oxygen atoms in total. The molecule has 3 rings (SSSR count). The standard InChI is InChI=1S/C16H19N5O2S/c17-15(22)12-2-1-7-21(9-12)13-5-3-11(4-6-13)8-18-16(23)14-10-24-20-19-14/h3-6,10,12H,1-2,7-9H2,(H2,17,22)(H,18,23)/t12-/m1/s1. The van der Waals surface area contributed by atoms with E-state index in [0.717, 1.165) is 42.2 Å². The Morgan fingerprint density at radius 2 is 2.12 bits per heavy atom. The number of carbonyl (C=O) groups excluding carboxylic acids is 2. The third kappa shape index (κ3) is 3.88. The topological polar surface area (TPSA) is 101 Å². The van der Waals surface area contributed by atoms with E-state index in [2.05, 4.69) is 19.8 Å². The maximum Gasteiger partial charge on any atom is 0.273 e. The first-order valence-corrected chi connectivity index (χ1v) is 8.65. The summed E-state index contributed by atoms with van der Waals surface area (Å²) in [7, 11) is 0. The highest BCUT2D eigenvalue weighted by molar-refractivity contribution is 7.03. The monoisotopic (exact) mass is 345 g/mol. The summed E-state index contributed by atoms with van der Waals surface area (Å²) < 4.78 is 3.67. The average Bonchev–Trinajstić information content (AvgIpc) is 3.15. The zero-order valence-corrected chi connectivity index (χ0v) is 14.0. The second-order valence-electron chi connectivity index (χ2n) is 5.83. The van der Waals surface area contributed by atoms with E-state index < -0.39 is 0 Å². The zero-order valence-electron chi connectivity index (χ0n) is 13.1. The summed E-state index contributed by atoms with van der Waals surface area (Å²) >= 11 is 1.15. The predicted molar refractivity (Wildman–Crippen MR) is 91.7 cm³/mol. The summed E-state index contributed by atoms with van der Waals surface area (Å²) in [6, 6.07) is 7.97. The molecule has 0 bridgehead atoms. The van der Waals surface area contributed by atoms with E-state index in [1.165, 1.54) is 0 Å². The molecule has 3 N–H and O–H groups in total. The van der Waals surface area contributed by atoms with Gasteiger partial charge in [-0.2, -0.15) is 0 Å². The minimum atomic E-state index is -0.229. The number of anilines is 1. The molecule has 1 fully saturated rings. The van der Waals surface area contributed by atoms with E-state index in [1.54, 1.807) is 5.38 Å².